The molecule has 0 bridgehead atoms. The molecule has 0 saturated carbocycles. The number of nitrogens with zero attached hydrogens (tertiary/aromatic N) is 1. The second kappa shape index (κ2) is 7.47. The molecular weight excluding hydrogens is 286 g/mol. The maximum Gasteiger partial charge on any atom is 0.231 e. The van der Waals surface area contributed by atoms with Crippen molar-refractivity contribution >= 4 is 6.21 Å². The lowest BCUT2D eigenvalue weighted by atomic mass is 9.91. The van der Waals surface area contributed by atoms with Crippen molar-refractivity contribution in [2.24, 2.45) is 5.16 Å². The second-order valence-electron chi connectivity index (χ2n) is 5.17. The van der Waals surface area contributed by atoms with Gasteiger partial charge in [0, 0.05) is 18.7 Å². The zero-order valence-electron chi connectivity index (χ0n) is 12.7. The average Bonchev–Trinajstić information content (AvgIpc) is 3.02. The second-order valence-corrected chi connectivity index (χ2v) is 5.17. The summed E-state index contributed by atoms with van der Waals surface area (Å²) in [7, 11) is 0. The van der Waals surface area contributed by atoms with E-state index in [4.69, 9.17) is 23.8 Å². The van der Waals surface area contributed by atoms with Gasteiger partial charge in [-0.1, -0.05) is 11.2 Å². The Kier molecular flexibility index (Phi) is 5.13. The molecule has 0 spiro atoms. The average molecular weight is 307 g/mol. The zero-order valence-corrected chi connectivity index (χ0v) is 12.7. The largest absolute Gasteiger partial charge is 0.454 e. The molecule has 0 aromatic heterocycles. The Balaban J connectivity index is 1.62. The minimum absolute atomic E-state index is 0.193. The van der Waals surface area contributed by atoms with E-state index >= 15 is 0 Å². The first-order valence-electron chi connectivity index (χ1n) is 7.61. The van der Waals surface area contributed by atoms with Crippen molar-refractivity contribution < 1.29 is 23.8 Å². The molecule has 1 aromatic carbocycles. The molecular formula is C16H21NO5. The van der Waals surface area contributed by atoms with Gasteiger partial charge in [0.25, 0.3) is 0 Å². The quantitative estimate of drug-likeness (QED) is 0.459. The molecule has 0 N–H and O–H groups in total. The lowest BCUT2D eigenvalue weighted by molar-refractivity contribution is -0.180. The molecule has 6 heteroatoms. The summed E-state index contributed by atoms with van der Waals surface area (Å²) in [5, 5.41) is 3.69. The number of hydrogen-bond acceptors (Lipinski definition) is 6. The van der Waals surface area contributed by atoms with Crippen LogP contribution in [0.15, 0.2) is 23.4 Å². The molecule has 0 radical (unpaired) electrons. The van der Waals surface area contributed by atoms with Crippen molar-refractivity contribution in [1.29, 1.82) is 0 Å². The Morgan fingerprint density at radius 1 is 1.27 bits per heavy atom. The molecule has 1 aromatic rings. The van der Waals surface area contributed by atoms with E-state index < -0.39 is 0 Å². The minimum Gasteiger partial charge on any atom is -0.454 e. The van der Waals surface area contributed by atoms with Crippen LogP contribution in [0.25, 0.3) is 0 Å². The van der Waals surface area contributed by atoms with Crippen LogP contribution in [0.2, 0.25) is 0 Å². The predicted molar refractivity (Wildman–Crippen MR) is 80.4 cm³/mol. The van der Waals surface area contributed by atoms with E-state index in [0.717, 1.165) is 36.5 Å². The topological polar surface area (TPSA) is 58.5 Å². The van der Waals surface area contributed by atoms with E-state index in [1.54, 1.807) is 13.1 Å². The van der Waals surface area contributed by atoms with Gasteiger partial charge in [0.1, 0.15) is 6.61 Å². The maximum atomic E-state index is 5.82. The monoisotopic (exact) mass is 307 g/mol. The molecule has 120 valence electrons. The number of hydrogen-bond donors (Lipinski definition) is 0. The fourth-order valence-electron chi connectivity index (χ4n) is 2.72. The summed E-state index contributed by atoms with van der Waals surface area (Å²) < 4.78 is 22.4. The Labute approximate surface area is 129 Å². The van der Waals surface area contributed by atoms with Gasteiger partial charge in [-0.2, -0.15) is 0 Å². The molecule has 6 nitrogen and oxygen atoms in total. The van der Waals surface area contributed by atoms with Gasteiger partial charge >= 0.3 is 0 Å². The highest BCUT2D eigenvalue weighted by atomic mass is 16.7. The van der Waals surface area contributed by atoms with Gasteiger partial charge in [0.15, 0.2) is 17.8 Å². The molecule has 0 amide bonds. The van der Waals surface area contributed by atoms with Crippen LogP contribution in [-0.2, 0) is 14.3 Å². The summed E-state index contributed by atoms with van der Waals surface area (Å²) in [6, 6.07) is 6.03. The van der Waals surface area contributed by atoms with Crippen LogP contribution in [0.4, 0.5) is 0 Å². The summed E-state index contributed by atoms with van der Waals surface area (Å²) in [6.45, 7) is 3.68. The van der Waals surface area contributed by atoms with Gasteiger partial charge in [0.05, 0.1) is 6.61 Å². The fraction of sp³-hybridized carbons (Fsp3) is 0.562. The van der Waals surface area contributed by atoms with Gasteiger partial charge < -0.3 is 23.8 Å². The van der Waals surface area contributed by atoms with E-state index in [2.05, 4.69) is 11.2 Å². The first-order chi connectivity index (χ1) is 10.9. The van der Waals surface area contributed by atoms with Crippen molar-refractivity contribution in [2.45, 2.75) is 32.0 Å². The van der Waals surface area contributed by atoms with Crippen LogP contribution < -0.4 is 9.47 Å². The molecule has 1 saturated heterocycles. The zero-order chi connectivity index (χ0) is 15.2. The Morgan fingerprint density at radius 2 is 2.18 bits per heavy atom. The smallest absolute Gasteiger partial charge is 0.231 e. The molecule has 2 atom stereocenters. The first kappa shape index (κ1) is 15.1. The van der Waals surface area contributed by atoms with E-state index in [-0.39, 0.29) is 19.0 Å². The molecule has 1 fully saturated rings. The van der Waals surface area contributed by atoms with E-state index in [9.17, 15) is 0 Å². The maximum absolute atomic E-state index is 5.82. The van der Waals surface area contributed by atoms with Crippen molar-refractivity contribution in [2.75, 3.05) is 26.6 Å². The van der Waals surface area contributed by atoms with Gasteiger partial charge in [-0.3, -0.25) is 0 Å². The number of ether oxygens (including phenoxy) is 4. The first-order valence-corrected chi connectivity index (χ1v) is 7.61. The fourth-order valence-corrected chi connectivity index (χ4v) is 2.72. The highest BCUT2D eigenvalue weighted by molar-refractivity contribution is 5.52. The molecule has 2 unspecified atom stereocenters. The van der Waals surface area contributed by atoms with Crippen LogP contribution in [-0.4, -0.2) is 39.1 Å². The van der Waals surface area contributed by atoms with Gasteiger partial charge in [0.2, 0.25) is 6.79 Å². The molecule has 2 heterocycles. The van der Waals surface area contributed by atoms with Gasteiger partial charge in [-0.25, -0.2) is 0 Å². The lowest BCUT2D eigenvalue weighted by Crippen LogP contribution is -2.31. The standard InChI is InChI=1S/C16H21NO5/c1-2-17-22-9-8-19-16-13(4-3-7-18-16)12-5-6-14-15(10-12)21-11-20-14/h2,5-6,10,13,16H,3-4,7-9,11H2,1H3. The Morgan fingerprint density at radius 3 is 3.09 bits per heavy atom. The number of rotatable bonds is 6. The van der Waals surface area contributed by atoms with Crippen LogP contribution in [0, 0.1) is 0 Å². The van der Waals surface area contributed by atoms with Crippen LogP contribution in [0.3, 0.4) is 0 Å². The van der Waals surface area contributed by atoms with Gasteiger partial charge in [-0.05, 0) is 37.5 Å². The van der Waals surface area contributed by atoms with E-state index in [0.29, 0.717) is 13.2 Å². The van der Waals surface area contributed by atoms with Crippen LogP contribution in [0.5, 0.6) is 11.5 Å². The number of oxime groups is 1. The third-order valence-electron chi connectivity index (χ3n) is 3.73. The van der Waals surface area contributed by atoms with Crippen LogP contribution >= 0.6 is 0 Å². The molecule has 0 aliphatic carbocycles. The highest BCUT2D eigenvalue weighted by Gasteiger charge is 2.29. The summed E-state index contributed by atoms with van der Waals surface area (Å²) in [5.74, 6) is 1.78. The number of fused-ring (bicyclic) bond motifs is 1. The summed E-state index contributed by atoms with van der Waals surface area (Å²) in [5.41, 5.74) is 1.15. The summed E-state index contributed by atoms with van der Waals surface area (Å²) >= 11 is 0. The summed E-state index contributed by atoms with van der Waals surface area (Å²) in [6.07, 6.45) is 3.39. The van der Waals surface area contributed by atoms with E-state index in [1.165, 1.54) is 0 Å². The number of benzene rings is 1. The molecule has 2 aliphatic heterocycles. The highest BCUT2D eigenvalue weighted by Crippen LogP contribution is 2.38. The minimum atomic E-state index is -0.261. The van der Waals surface area contributed by atoms with Gasteiger partial charge in [-0.15, -0.1) is 0 Å². The Hall–Kier alpha value is -1.79. The van der Waals surface area contributed by atoms with Crippen molar-refractivity contribution in [3.63, 3.8) is 0 Å². The predicted octanol–water partition coefficient (Wildman–Crippen LogP) is 2.67. The molecule has 22 heavy (non-hydrogen) atoms. The Bertz CT molecular complexity index is 519. The van der Waals surface area contributed by atoms with Crippen molar-refractivity contribution in [3.8, 4) is 11.5 Å². The third-order valence-corrected chi connectivity index (χ3v) is 3.73. The van der Waals surface area contributed by atoms with Crippen LogP contribution in [0.1, 0.15) is 31.2 Å². The third kappa shape index (κ3) is 3.51. The van der Waals surface area contributed by atoms with Crippen molar-refractivity contribution in [3.05, 3.63) is 23.8 Å². The normalized spacial score (nSPS) is 23.9. The molecule has 3 rings (SSSR count). The van der Waals surface area contributed by atoms with Crippen molar-refractivity contribution in [1.82, 2.24) is 0 Å². The summed E-state index contributed by atoms with van der Waals surface area (Å²) in [4.78, 5) is 5.03. The SMILES string of the molecule is CC=NOCCOC1OCCCC1c1ccc2c(c1)OCO2. The molecule has 2 aliphatic rings. The lowest BCUT2D eigenvalue weighted by Gasteiger charge is -2.31. The van der Waals surface area contributed by atoms with E-state index in [1.807, 2.05) is 12.1 Å².